The molecule has 0 atom stereocenters. The highest BCUT2D eigenvalue weighted by Crippen LogP contribution is 2.10. The van der Waals surface area contributed by atoms with Crippen molar-refractivity contribution in [1.82, 2.24) is 0 Å². The quantitative estimate of drug-likeness (QED) is 0.553. The van der Waals surface area contributed by atoms with Crippen LogP contribution in [-0.4, -0.2) is 12.2 Å². The number of rotatable bonds is 4. The number of halogens is 2. The molecule has 3 heteroatoms. The van der Waals surface area contributed by atoms with Crippen LogP contribution in [0.15, 0.2) is 24.3 Å². The Hall–Kier alpha value is -1.15. The first-order valence-electron chi connectivity index (χ1n) is 4.25. The molecule has 1 aromatic carbocycles. The van der Waals surface area contributed by atoms with Gasteiger partial charge in [0, 0.05) is 5.88 Å². The van der Waals surface area contributed by atoms with E-state index in [0.29, 0.717) is 12.2 Å². The summed E-state index contributed by atoms with van der Waals surface area (Å²) in [5, 5.41) is 0. The number of hydrogen-bond acceptors (Lipinski definition) is 1. The minimum atomic E-state index is -0.493. The lowest BCUT2D eigenvalue weighted by Crippen LogP contribution is -1.87. The van der Waals surface area contributed by atoms with E-state index < -0.39 is 5.82 Å². The van der Waals surface area contributed by atoms with Gasteiger partial charge >= 0.3 is 0 Å². The van der Waals surface area contributed by atoms with Crippen molar-refractivity contribution in [2.24, 2.45) is 0 Å². The highest BCUT2D eigenvalue weighted by molar-refractivity contribution is 6.17. The van der Waals surface area contributed by atoms with Gasteiger partial charge in [-0.2, -0.15) is 0 Å². The van der Waals surface area contributed by atoms with Crippen molar-refractivity contribution in [3.63, 3.8) is 0 Å². The van der Waals surface area contributed by atoms with Crippen molar-refractivity contribution in [1.29, 1.82) is 0 Å². The van der Waals surface area contributed by atoms with Crippen LogP contribution in [0, 0.1) is 5.82 Å². The molecule has 0 fully saturated rings. The first-order valence-corrected chi connectivity index (χ1v) is 4.78. The zero-order valence-electron chi connectivity index (χ0n) is 7.54. The van der Waals surface area contributed by atoms with Gasteiger partial charge in [-0.05, 0) is 24.1 Å². The molecule has 1 aromatic rings. The Balaban J connectivity index is 2.81. The van der Waals surface area contributed by atoms with Gasteiger partial charge in [-0.15, -0.1) is 11.6 Å². The molecule has 0 spiro atoms. The van der Waals surface area contributed by atoms with E-state index in [1.54, 1.807) is 12.1 Å². The summed E-state index contributed by atoms with van der Waals surface area (Å²) < 4.78 is 13.1. The molecule has 74 valence electrons. The maximum absolute atomic E-state index is 13.1. The molecule has 0 N–H and O–H groups in total. The molecular formula is C11H10ClFO. The van der Waals surface area contributed by atoms with Crippen molar-refractivity contribution in [2.75, 3.05) is 5.88 Å². The first-order chi connectivity index (χ1) is 6.77. The summed E-state index contributed by atoms with van der Waals surface area (Å²) >= 11 is 5.48. The lowest BCUT2D eigenvalue weighted by atomic mass is 10.1. The highest BCUT2D eigenvalue weighted by Gasteiger charge is 1.99. The number of aldehydes is 1. The summed E-state index contributed by atoms with van der Waals surface area (Å²) in [4.78, 5) is 10.3. The van der Waals surface area contributed by atoms with Crippen LogP contribution in [0.25, 0.3) is 6.08 Å². The Bertz CT molecular complexity index is 347. The van der Waals surface area contributed by atoms with Gasteiger partial charge in [0.2, 0.25) is 0 Å². The van der Waals surface area contributed by atoms with E-state index in [9.17, 15) is 9.18 Å². The van der Waals surface area contributed by atoms with Gasteiger partial charge in [-0.3, -0.25) is 4.79 Å². The molecule has 0 saturated carbocycles. The van der Waals surface area contributed by atoms with Crippen molar-refractivity contribution >= 4 is 24.0 Å². The molecule has 14 heavy (non-hydrogen) atoms. The molecule has 0 aliphatic heterocycles. The molecule has 0 unspecified atom stereocenters. The highest BCUT2D eigenvalue weighted by atomic mass is 35.5. The summed E-state index contributed by atoms with van der Waals surface area (Å²) in [6, 6.07) is 4.48. The van der Waals surface area contributed by atoms with Crippen molar-refractivity contribution in [3.8, 4) is 0 Å². The molecular weight excluding hydrogens is 203 g/mol. The smallest absolute Gasteiger partial charge is 0.152 e. The van der Waals surface area contributed by atoms with Gasteiger partial charge < -0.3 is 0 Å². The van der Waals surface area contributed by atoms with Crippen LogP contribution in [-0.2, 0) is 0 Å². The average molecular weight is 213 g/mol. The standard InChI is InChI=1S/C11H10ClFO/c12-6-2-1-3-9-4-5-10(8-14)11(13)7-9/h1,3-5,7-8H,2,6H2. The van der Waals surface area contributed by atoms with Crippen LogP contribution >= 0.6 is 11.6 Å². The number of alkyl halides is 1. The zero-order valence-corrected chi connectivity index (χ0v) is 8.30. The van der Waals surface area contributed by atoms with E-state index in [0.717, 1.165) is 12.0 Å². The van der Waals surface area contributed by atoms with Crippen LogP contribution in [0.3, 0.4) is 0 Å². The largest absolute Gasteiger partial charge is 0.298 e. The van der Waals surface area contributed by atoms with Gasteiger partial charge in [0.25, 0.3) is 0 Å². The van der Waals surface area contributed by atoms with E-state index >= 15 is 0 Å². The van der Waals surface area contributed by atoms with Crippen molar-refractivity contribution in [3.05, 3.63) is 41.2 Å². The third-order valence-corrected chi connectivity index (χ3v) is 1.96. The van der Waals surface area contributed by atoms with E-state index in [-0.39, 0.29) is 5.56 Å². The molecule has 0 aliphatic carbocycles. The fourth-order valence-corrected chi connectivity index (χ4v) is 1.15. The fraction of sp³-hybridized carbons (Fsp3) is 0.182. The second-order valence-corrected chi connectivity index (χ2v) is 3.16. The summed E-state index contributed by atoms with van der Waals surface area (Å²) in [5.74, 6) is 0.0545. The number of benzene rings is 1. The molecule has 0 radical (unpaired) electrons. The molecule has 1 nitrogen and oxygen atoms in total. The van der Waals surface area contributed by atoms with Gasteiger partial charge in [0.1, 0.15) is 5.82 Å². The van der Waals surface area contributed by atoms with Gasteiger partial charge in [0.05, 0.1) is 5.56 Å². The fourth-order valence-electron chi connectivity index (χ4n) is 1.03. The molecule has 0 saturated heterocycles. The van der Waals surface area contributed by atoms with Crippen LogP contribution < -0.4 is 0 Å². The Labute approximate surface area is 87.2 Å². The van der Waals surface area contributed by atoms with Crippen LogP contribution in [0.4, 0.5) is 4.39 Å². The van der Waals surface area contributed by atoms with E-state index in [2.05, 4.69) is 0 Å². The van der Waals surface area contributed by atoms with E-state index in [4.69, 9.17) is 11.6 Å². The number of hydrogen-bond donors (Lipinski definition) is 0. The van der Waals surface area contributed by atoms with Crippen molar-refractivity contribution < 1.29 is 9.18 Å². The van der Waals surface area contributed by atoms with Gasteiger partial charge in [0.15, 0.2) is 6.29 Å². The molecule has 0 amide bonds. The molecule has 0 heterocycles. The monoisotopic (exact) mass is 212 g/mol. The lowest BCUT2D eigenvalue weighted by molar-refractivity contribution is 0.112. The SMILES string of the molecule is O=Cc1ccc(C=CCCCl)cc1F. The third kappa shape index (κ3) is 2.96. The van der Waals surface area contributed by atoms with Crippen LogP contribution in [0.2, 0.25) is 0 Å². The van der Waals surface area contributed by atoms with Crippen LogP contribution in [0.5, 0.6) is 0 Å². The first kappa shape index (κ1) is 10.9. The van der Waals surface area contributed by atoms with Gasteiger partial charge in [-0.1, -0.05) is 18.2 Å². The Morgan fingerprint density at radius 3 is 2.79 bits per heavy atom. The zero-order chi connectivity index (χ0) is 10.4. The third-order valence-electron chi connectivity index (χ3n) is 1.74. The Morgan fingerprint density at radius 2 is 2.21 bits per heavy atom. The second kappa shape index (κ2) is 5.55. The molecule has 0 aliphatic rings. The number of allylic oxidation sites excluding steroid dienone is 1. The minimum absolute atomic E-state index is 0.0829. The van der Waals surface area contributed by atoms with E-state index in [1.165, 1.54) is 12.1 Å². The molecule has 0 bridgehead atoms. The van der Waals surface area contributed by atoms with Crippen LogP contribution in [0.1, 0.15) is 22.3 Å². The van der Waals surface area contributed by atoms with E-state index in [1.807, 2.05) is 6.08 Å². The van der Waals surface area contributed by atoms with Gasteiger partial charge in [-0.25, -0.2) is 4.39 Å². The summed E-state index contributed by atoms with van der Waals surface area (Å²) in [5.41, 5.74) is 0.817. The minimum Gasteiger partial charge on any atom is -0.298 e. The normalized spacial score (nSPS) is 10.7. The predicted molar refractivity (Wildman–Crippen MR) is 56.2 cm³/mol. The second-order valence-electron chi connectivity index (χ2n) is 2.78. The molecule has 1 rings (SSSR count). The summed E-state index contributed by atoms with van der Waals surface area (Å²) in [6.07, 6.45) is 4.89. The topological polar surface area (TPSA) is 17.1 Å². The number of carbonyl (C=O) groups is 1. The lowest BCUT2D eigenvalue weighted by Gasteiger charge is -1.96. The predicted octanol–water partition coefficient (Wildman–Crippen LogP) is 3.28. The average Bonchev–Trinajstić information content (AvgIpc) is 2.18. The molecule has 0 aromatic heterocycles. The summed E-state index contributed by atoms with van der Waals surface area (Å²) in [7, 11) is 0. The maximum atomic E-state index is 13.1. The Kier molecular flexibility index (Phi) is 4.33. The summed E-state index contributed by atoms with van der Waals surface area (Å²) in [6.45, 7) is 0. The van der Waals surface area contributed by atoms with Crippen molar-refractivity contribution in [2.45, 2.75) is 6.42 Å². The number of carbonyl (C=O) groups excluding carboxylic acids is 1. The maximum Gasteiger partial charge on any atom is 0.152 e. The Morgan fingerprint density at radius 1 is 1.43 bits per heavy atom.